The number of carbonyl (C=O) groups excluding carboxylic acids is 2. The van der Waals surface area contributed by atoms with Crippen molar-refractivity contribution in [3.05, 3.63) is 59.6 Å². The second-order valence-corrected chi connectivity index (χ2v) is 6.65. The minimum absolute atomic E-state index is 0.192. The van der Waals surface area contributed by atoms with Crippen LogP contribution in [-0.4, -0.2) is 23.3 Å². The Balaban J connectivity index is 1.42. The molecule has 1 saturated carbocycles. The molecular weight excluding hydrogens is 316 g/mol. The largest absolute Gasteiger partial charge is 0.472 e. The predicted octanol–water partition coefficient (Wildman–Crippen LogP) is 3.23. The van der Waals surface area contributed by atoms with Gasteiger partial charge in [-0.15, -0.1) is 0 Å². The summed E-state index contributed by atoms with van der Waals surface area (Å²) >= 11 is 0. The normalized spacial score (nSPS) is 16.7. The molecule has 0 unspecified atom stereocenters. The summed E-state index contributed by atoms with van der Waals surface area (Å²) in [6, 6.07) is 7.73. The third-order valence-corrected chi connectivity index (χ3v) is 4.69. The van der Waals surface area contributed by atoms with Gasteiger partial charge < -0.3 is 14.6 Å². The van der Waals surface area contributed by atoms with Crippen LogP contribution in [0.15, 0.2) is 47.3 Å². The topological polar surface area (TPSA) is 62.6 Å². The first-order chi connectivity index (χ1) is 12.2. The Morgan fingerprint density at radius 1 is 1.20 bits per heavy atom. The number of nitrogens with one attached hydrogen (secondary N) is 1. The second-order valence-electron chi connectivity index (χ2n) is 6.65. The van der Waals surface area contributed by atoms with Gasteiger partial charge in [0.15, 0.2) is 0 Å². The quantitative estimate of drug-likeness (QED) is 0.872. The van der Waals surface area contributed by atoms with Gasteiger partial charge in [-0.05, 0) is 54.7 Å². The van der Waals surface area contributed by atoms with Gasteiger partial charge >= 0.3 is 0 Å². The van der Waals surface area contributed by atoms with E-state index in [9.17, 15) is 9.59 Å². The number of amides is 2. The fourth-order valence-electron chi connectivity index (χ4n) is 3.14. The maximum Gasteiger partial charge on any atom is 0.248 e. The van der Waals surface area contributed by atoms with E-state index in [1.807, 2.05) is 23.1 Å². The van der Waals surface area contributed by atoms with Crippen LogP contribution in [0, 0.1) is 5.92 Å². The van der Waals surface area contributed by atoms with Gasteiger partial charge in [0, 0.05) is 36.3 Å². The molecule has 1 aromatic heterocycles. The Morgan fingerprint density at radius 3 is 2.84 bits per heavy atom. The maximum atomic E-state index is 12.3. The van der Waals surface area contributed by atoms with Gasteiger partial charge in [-0.3, -0.25) is 9.59 Å². The minimum Gasteiger partial charge on any atom is -0.472 e. The first kappa shape index (κ1) is 15.7. The molecule has 128 valence electrons. The summed E-state index contributed by atoms with van der Waals surface area (Å²) in [5.74, 6) is 0.337. The van der Waals surface area contributed by atoms with E-state index in [1.54, 1.807) is 24.7 Å². The minimum atomic E-state index is -0.192. The van der Waals surface area contributed by atoms with E-state index in [2.05, 4.69) is 5.32 Å². The van der Waals surface area contributed by atoms with Crippen LogP contribution in [0.1, 0.15) is 29.5 Å². The number of anilines is 1. The van der Waals surface area contributed by atoms with Gasteiger partial charge in [-0.1, -0.05) is 6.07 Å². The zero-order valence-corrected chi connectivity index (χ0v) is 13.9. The van der Waals surface area contributed by atoms with Crippen LogP contribution in [-0.2, 0) is 22.6 Å². The van der Waals surface area contributed by atoms with Crippen molar-refractivity contribution < 1.29 is 14.0 Å². The highest BCUT2D eigenvalue weighted by molar-refractivity contribution is 6.02. The summed E-state index contributed by atoms with van der Waals surface area (Å²) in [5, 5.41) is 2.87. The van der Waals surface area contributed by atoms with E-state index in [-0.39, 0.29) is 17.7 Å². The molecule has 2 heterocycles. The van der Waals surface area contributed by atoms with Crippen molar-refractivity contribution in [2.45, 2.75) is 25.8 Å². The number of hydrogen-bond donors (Lipinski definition) is 1. The molecule has 0 saturated heterocycles. The molecule has 0 radical (unpaired) electrons. The van der Waals surface area contributed by atoms with Crippen molar-refractivity contribution in [1.82, 2.24) is 4.90 Å². The molecule has 5 nitrogen and oxygen atoms in total. The molecule has 2 aromatic rings. The summed E-state index contributed by atoms with van der Waals surface area (Å²) in [6.45, 7) is 1.43. The molecule has 2 aliphatic rings. The van der Waals surface area contributed by atoms with Crippen LogP contribution >= 0.6 is 0 Å². The van der Waals surface area contributed by atoms with Crippen LogP contribution in [0.25, 0.3) is 6.08 Å². The molecular formula is C20H20N2O3. The Bertz CT molecular complexity index is 819. The standard InChI is InChI=1S/C20H20N2O3/c23-19(6-1-14-8-10-25-13-14)21-18-5-4-15-7-9-22(12-17(15)11-18)20(24)16-2-3-16/h1,4-6,8,10-11,13,16H,2-3,7,9,12H2,(H,21,23)/b6-1+. The van der Waals surface area contributed by atoms with Crippen molar-refractivity contribution in [3.63, 3.8) is 0 Å². The van der Waals surface area contributed by atoms with Crippen LogP contribution in [0.4, 0.5) is 5.69 Å². The SMILES string of the molecule is O=C(/C=C/c1ccoc1)Nc1ccc2c(c1)CN(C(=O)C1CC1)CC2. The van der Waals surface area contributed by atoms with Crippen molar-refractivity contribution in [2.24, 2.45) is 5.92 Å². The molecule has 1 aliphatic carbocycles. The van der Waals surface area contributed by atoms with Crippen LogP contribution in [0.5, 0.6) is 0 Å². The highest BCUT2D eigenvalue weighted by Gasteiger charge is 2.34. The lowest BCUT2D eigenvalue weighted by Gasteiger charge is -2.29. The molecule has 1 N–H and O–H groups in total. The molecule has 1 aromatic carbocycles. The molecule has 25 heavy (non-hydrogen) atoms. The predicted molar refractivity (Wildman–Crippen MR) is 94.7 cm³/mol. The molecule has 0 bridgehead atoms. The van der Waals surface area contributed by atoms with Gasteiger partial charge in [-0.2, -0.15) is 0 Å². The Labute approximate surface area is 146 Å². The van der Waals surface area contributed by atoms with Gasteiger partial charge in [-0.25, -0.2) is 0 Å². The number of fused-ring (bicyclic) bond motifs is 1. The average molecular weight is 336 g/mol. The van der Waals surface area contributed by atoms with Gasteiger partial charge in [0.1, 0.15) is 0 Å². The van der Waals surface area contributed by atoms with E-state index in [1.165, 1.54) is 11.6 Å². The van der Waals surface area contributed by atoms with E-state index in [0.29, 0.717) is 6.54 Å². The van der Waals surface area contributed by atoms with Gasteiger partial charge in [0.2, 0.25) is 11.8 Å². The van der Waals surface area contributed by atoms with Crippen molar-refractivity contribution in [1.29, 1.82) is 0 Å². The molecule has 1 fully saturated rings. The number of hydrogen-bond acceptors (Lipinski definition) is 3. The smallest absolute Gasteiger partial charge is 0.248 e. The summed E-state index contributed by atoms with van der Waals surface area (Å²) in [5.41, 5.74) is 3.97. The zero-order chi connectivity index (χ0) is 17.2. The van der Waals surface area contributed by atoms with Gasteiger partial charge in [0.25, 0.3) is 0 Å². The summed E-state index contributed by atoms with van der Waals surface area (Å²) in [4.78, 5) is 26.3. The Kier molecular flexibility index (Phi) is 4.14. The lowest BCUT2D eigenvalue weighted by atomic mass is 9.98. The average Bonchev–Trinajstić information content (AvgIpc) is 3.34. The number of furan rings is 1. The fourth-order valence-corrected chi connectivity index (χ4v) is 3.14. The summed E-state index contributed by atoms with van der Waals surface area (Å²) in [7, 11) is 0. The number of carbonyl (C=O) groups is 2. The molecule has 4 rings (SSSR count). The molecule has 0 spiro atoms. The Hall–Kier alpha value is -2.82. The highest BCUT2D eigenvalue weighted by Crippen LogP contribution is 2.33. The maximum absolute atomic E-state index is 12.3. The first-order valence-corrected chi connectivity index (χ1v) is 8.61. The molecule has 5 heteroatoms. The molecule has 1 aliphatic heterocycles. The lowest BCUT2D eigenvalue weighted by molar-refractivity contribution is -0.133. The third-order valence-electron chi connectivity index (χ3n) is 4.69. The zero-order valence-electron chi connectivity index (χ0n) is 13.9. The number of benzene rings is 1. The lowest BCUT2D eigenvalue weighted by Crippen LogP contribution is -2.36. The molecule has 0 atom stereocenters. The summed E-state index contributed by atoms with van der Waals surface area (Å²) < 4.78 is 4.96. The monoisotopic (exact) mass is 336 g/mol. The van der Waals surface area contributed by atoms with Crippen molar-refractivity contribution in [3.8, 4) is 0 Å². The highest BCUT2D eigenvalue weighted by atomic mass is 16.3. The van der Waals surface area contributed by atoms with Crippen LogP contribution in [0.3, 0.4) is 0 Å². The number of nitrogens with zero attached hydrogens (tertiary/aromatic N) is 1. The van der Waals surface area contributed by atoms with E-state index in [0.717, 1.165) is 42.6 Å². The second kappa shape index (κ2) is 6.59. The van der Waals surface area contributed by atoms with Gasteiger partial charge in [0.05, 0.1) is 12.5 Å². The number of rotatable bonds is 4. The summed E-state index contributed by atoms with van der Waals surface area (Å²) in [6.07, 6.45) is 9.26. The van der Waals surface area contributed by atoms with E-state index < -0.39 is 0 Å². The van der Waals surface area contributed by atoms with Crippen LogP contribution < -0.4 is 5.32 Å². The fraction of sp³-hybridized carbons (Fsp3) is 0.300. The first-order valence-electron chi connectivity index (χ1n) is 8.61. The van der Waals surface area contributed by atoms with Crippen LogP contribution in [0.2, 0.25) is 0 Å². The molecule has 2 amide bonds. The van der Waals surface area contributed by atoms with Crippen molar-refractivity contribution in [2.75, 3.05) is 11.9 Å². The van der Waals surface area contributed by atoms with E-state index >= 15 is 0 Å². The Morgan fingerprint density at radius 2 is 2.08 bits per heavy atom. The third kappa shape index (κ3) is 3.65. The van der Waals surface area contributed by atoms with E-state index in [4.69, 9.17) is 4.42 Å². The van der Waals surface area contributed by atoms with Crippen molar-refractivity contribution >= 4 is 23.6 Å².